The smallest absolute Gasteiger partial charge is 0.0973 e. The van der Waals surface area contributed by atoms with Gasteiger partial charge in [-0.25, -0.2) is 4.98 Å². The van der Waals surface area contributed by atoms with Gasteiger partial charge in [0.1, 0.15) is 0 Å². The monoisotopic (exact) mass is 274 g/mol. The quantitative estimate of drug-likeness (QED) is 0.909. The van der Waals surface area contributed by atoms with Gasteiger partial charge in [0.15, 0.2) is 0 Å². The second kappa shape index (κ2) is 5.85. The fraction of sp³-hybridized carbons (Fsp3) is 0.438. The number of rotatable bonds is 4. The van der Waals surface area contributed by atoms with Crippen molar-refractivity contribution in [3.63, 3.8) is 0 Å². The third-order valence-electron chi connectivity index (χ3n) is 3.39. The first-order valence-corrected chi connectivity index (χ1v) is 7.59. The third-order valence-corrected chi connectivity index (χ3v) is 4.46. The Morgan fingerprint density at radius 1 is 1.21 bits per heavy atom. The Hall–Kier alpha value is -1.19. The van der Waals surface area contributed by atoms with E-state index in [1.165, 1.54) is 27.3 Å². The van der Waals surface area contributed by atoms with E-state index in [4.69, 9.17) is 4.98 Å². The molecule has 1 N–H and O–H groups in total. The summed E-state index contributed by atoms with van der Waals surface area (Å²) >= 11 is 1.76. The highest BCUT2D eigenvalue weighted by Crippen LogP contribution is 2.31. The molecule has 2 aromatic rings. The van der Waals surface area contributed by atoms with E-state index in [0.717, 1.165) is 12.2 Å². The maximum atomic E-state index is 4.83. The second-order valence-corrected chi connectivity index (χ2v) is 6.19. The first-order chi connectivity index (χ1) is 9.02. The van der Waals surface area contributed by atoms with Gasteiger partial charge in [0.2, 0.25) is 0 Å². The van der Waals surface area contributed by atoms with E-state index in [2.05, 4.69) is 50.5 Å². The van der Waals surface area contributed by atoms with Gasteiger partial charge >= 0.3 is 0 Å². The van der Waals surface area contributed by atoms with Gasteiger partial charge in [0.05, 0.1) is 10.7 Å². The zero-order chi connectivity index (χ0) is 14.0. The minimum Gasteiger partial charge on any atom is -0.319 e. The van der Waals surface area contributed by atoms with E-state index in [9.17, 15) is 0 Å². The van der Waals surface area contributed by atoms with Crippen molar-refractivity contribution < 1.29 is 0 Å². The number of likely N-dealkylation sites (N-methyl/N-ethyl adjacent to an activating group) is 1. The van der Waals surface area contributed by atoms with Crippen molar-refractivity contribution in [1.82, 2.24) is 10.3 Å². The lowest BCUT2D eigenvalue weighted by atomic mass is 9.98. The van der Waals surface area contributed by atoms with E-state index < -0.39 is 0 Å². The van der Waals surface area contributed by atoms with Crippen molar-refractivity contribution in [2.75, 3.05) is 13.6 Å². The molecule has 2 rings (SSSR count). The van der Waals surface area contributed by atoms with Gasteiger partial charge in [0.25, 0.3) is 0 Å². The van der Waals surface area contributed by atoms with Crippen LogP contribution in [0.3, 0.4) is 0 Å². The van der Waals surface area contributed by atoms with Crippen LogP contribution in [0.15, 0.2) is 17.5 Å². The van der Waals surface area contributed by atoms with Gasteiger partial charge in [-0.15, -0.1) is 11.3 Å². The maximum Gasteiger partial charge on any atom is 0.0973 e. The molecule has 0 amide bonds. The predicted molar refractivity (Wildman–Crippen MR) is 84.1 cm³/mol. The summed E-state index contributed by atoms with van der Waals surface area (Å²) in [7, 11) is 1.99. The second-order valence-electron chi connectivity index (χ2n) is 5.30. The van der Waals surface area contributed by atoms with Crippen LogP contribution in [0.25, 0.3) is 11.3 Å². The number of thiazole rings is 1. The summed E-state index contributed by atoms with van der Waals surface area (Å²) in [6.07, 6.45) is 0. The first-order valence-electron chi connectivity index (χ1n) is 6.71. The van der Waals surface area contributed by atoms with Gasteiger partial charge in [-0.1, -0.05) is 24.6 Å². The van der Waals surface area contributed by atoms with Crippen LogP contribution in [0.2, 0.25) is 0 Å². The molecule has 0 fully saturated rings. The van der Waals surface area contributed by atoms with Crippen molar-refractivity contribution in [3.05, 3.63) is 39.2 Å². The van der Waals surface area contributed by atoms with Crippen LogP contribution >= 0.6 is 11.3 Å². The minimum atomic E-state index is 0.467. The molecule has 0 bridgehead atoms. The Balaban J connectivity index is 2.38. The molecule has 0 aliphatic rings. The van der Waals surface area contributed by atoms with Crippen molar-refractivity contribution >= 4 is 11.3 Å². The van der Waals surface area contributed by atoms with Gasteiger partial charge in [0, 0.05) is 23.4 Å². The molecule has 0 aliphatic heterocycles. The molecule has 0 radical (unpaired) electrons. The molecule has 102 valence electrons. The molecule has 0 saturated carbocycles. The van der Waals surface area contributed by atoms with Crippen LogP contribution < -0.4 is 5.32 Å². The topological polar surface area (TPSA) is 24.9 Å². The number of aromatic nitrogens is 1. The lowest BCUT2D eigenvalue weighted by Crippen LogP contribution is -2.14. The molecule has 2 nitrogen and oxygen atoms in total. The maximum absolute atomic E-state index is 4.83. The zero-order valence-corrected chi connectivity index (χ0v) is 13.2. The number of hydrogen-bond acceptors (Lipinski definition) is 3. The van der Waals surface area contributed by atoms with Crippen LogP contribution in [0.5, 0.6) is 0 Å². The Morgan fingerprint density at radius 3 is 2.42 bits per heavy atom. The molecule has 1 aromatic heterocycles. The van der Waals surface area contributed by atoms with Crippen LogP contribution in [0.1, 0.15) is 34.5 Å². The Morgan fingerprint density at radius 2 is 1.84 bits per heavy atom. The summed E-state index contributed by atoms with van der Waals surface area (Å²) in [6, 6.07) is 4.47. The summed E-state index contributed by atoms with van der Waals surface area (Å²) in [5.74, 6) is 0.467. The van der Waals surface area contributed by atoms with E-state index in [1.54, 1.807) is 11.3 Å². The van der Waals surface area contributed by atoms with Crippen molar-refractivity contribution in [3.8, 4) is 11.3 Å². The molecule has 1 atom stereocenters. The van der Waals surface area contributed by atoms with E-state index in [0.29, 0.717) is 5.92 Å². The standard InChI is InChI=1S/C16H22N2S/c1-10-6-11(2)15(12(3)7-10)14-9-19-16(18-14)13(4)8-17-5/h6-7,9,13,17H,8H2,1-5H3. The zero-order valence-electron chi connectivity index (χ0n) is 12.4. The highest BCUT2D eigenvalue weighted by Gasteiger charge is 2.13. The highest BCUT2D eigenvalue weighted by atomic mass is 32.1. The normalized spacial score (nSPS) is 12.7. The van der Waals surface area contributed by atoms with Crippen LogP contribution in [-0.2, 0) is 0 Å². The molecular weight excluding hydrogens is 252 g/mol. The highest BCUT2D eigenvalue weighted by molar-refractivity contribution is 7.10. The van der Waals surface area contributed by atoms with Crippen molar-refractivity contribution in [1.29, 1.82) is 0 Å². The Bertz CT molecular complexity index is 549. The SMILES string of the molecule is CNCC(C)c1nc(-c2c(C)cc(C)cc2C)cs1. The Kier molecular flexibility index (Phi) is 4.38. The molecule has 0 saturated heterocycles. The summed E-state index contributed by atoms with van der Waals surface area (Å²) in [4.78, 5) is 4.83. The third kappa shape index (κ3) is 3.04. The molecule has 3 heteroatoms. The van der Waals surface area contributed by atoms with Gasteiger partial charge < -0.3 is 5.32 Å². The summed E-state index contributed by atoms with van der Waals surface area (Å²) in [5.41, 5.74) is 6.37. The van der Waals surface area contributed by atoms with E-state index in [1.807, 2.05) is 7.05 Å². The fourth-order valence-electron chi connectivity index (χ4n) is 2.61. The molecular formula is C16H22N2S. The fourth-order valence-corrected chi connectivity index (χ4v) is 3.48. The molecule has 1 aromatic carbocycles. The Labute approximate surface area is 119 Å². The number of hydrogen-bond donors (Lipinski definition) is 1. The van der Waals surface area contributed by atoms with Gasteiger partial charge in [-0.05, 0) is 38.9 Å². The van der Waals surface area contributed by atoms with Gasteiger partial charge in [-0.2, -0.15) is 0 Å². The number of nitrogens with zero attached hydrogens (tertiary/aromatic N) is 1. The number of aryl methyl sites for hydroxylation is 3. The van der Waals surface area contributed by atoms with Crippen molar-refractivity contribution in [2.24, 2.45) is 0 Å². The summed E-state index contributed by atoms with van der Waals surface area (Å²) in [6.45, 7) is 9.68. The van der Waals surface area contributed by atoms with Crippen LogP contribution in [-0.4, -0.2) is 18.6 Å². The molecule has 1 heterocycles. The molecule has 19 heavy (non-hydrogen) atoms. The van der Waals surface area contributed by atoms with Crippen LogP contribution in [0.4, 0.5) is 0 Å². The number of benzene rings is 1. The molecule has 1 unspecified atom stereocenters. The lowest BCUT2D eigenvalue weighted by molar-refractivity contribution is 0.674. The average molecular weight is 274 g/mol. The molecule has 0 spiro atoms. The lowest BCUT2D eigenvalue weighted by Gasteiger charge is -2.09. The van der Waals surface area contributed by atoms with E-state index in [-0.39, 0.29) is 0 Å². The predicted octanol–water partition coefficient (Wildman–Crippen LogP) is 4.06. The number of nitrogens with one attached hydrogen (secondary N) is 1. The van der Waals surface area contributed by atoms with Gasteiger partial charge in [-0.3, -0.25) is 0 Å². The molecule has 0 aliphatic carbocycles. The van der Waals surface area contributed by atoms with Crippen LogP contribution in [0, 0.1) is 20.8 Å². The summed E-state index contributed by atoms with van der Waals surface area (Å²) < 4.78 is 0. The summed E-state index contributed by atoms with van der Waals surface area (Å²) in [5, 5.41) is 6.61. The van der Waals surface area contributed by atoms with Crippen molar-refractivity contribution in [2.45, 2.75) is 33.6 Å². The largest absolute Gasteiger partial charge is 0.319 e. The average Bonchev–Trinajstić information content (AvgIpc) is 2.77. The minimum absolute atomic E-state index is 0.467. The van der Waals surface area contributed by atoms with E-state index >= 15 is 0 Å². The first kappa shape index (κ1) is 14.2.